The molecule has 1 fully saturated rings. The topological polar surface area (TPSA) is 120 Å². The summed E-state index contributed by atoms with van der Waals surface area (Å²) in [4.78, 5) is 36.1. The van der Waals surface area contributed by atoms with Crippen LogP contribution in [0.4, 0.5) is 32.2 Å². The smallest absolute Gasteiger partial charge is 0.475 e. The molecule has 8 nitrogen and oxygen atoms in total. The predicted molar refractivity (Wildman–Crippen MR) is 93.9 cm³/mol. The van der Waals surface area contributed by atoms with E-state index in [2.05, 4.69) is 28.2 Å². The number of Topliss-reactive ketones (excluding diaryl/α,β-unsaturated/α-hetero) is 1. The summed E-state index contributed by atoms with van der Waals surface area (Å²) >= 11 is 0. The number of hydrogen-bond acceptors (Lipinski definition) is 6. The largest absolute Gasteiger partial charge is 0.490 e. The van der Waals surface area contributed by atoms with Gasteiger partial charge in [-0.3, -0.25) is 4.79 Å². The van der Waals surface area contributed by atoms with Gasteiger partial charge in [0.05, 0.1) is 0 Å². The Balaban J connectivity index is 0.000000288. The molecule has 174 valence electrons. The number of halogens is 6. The van der Waals surface area contributed by atoms with Crippen LogP contribution in [0.25, 0.3) is 0 Å². The summed E-state index contributed by atoms with van der Waals surface area (Å²) in [5.74, 6) is -4.45. The molecule has 3 heterocycles. The van der Waals surface area contributed by atoms with Gasteiger partial charge in [0.15, 0.2) is 5.78 Å². The minimum Gasteiger partial charge on any atom is -0.475 e. The number of fused-ring (bicyclic) bond motifs is 3. The fraction of sp³-hybridized carbons (Fsp3) is 0.529. The fourth-order valence-electron chi connectivity index (χ4n) is 2.88. The van der Waals surface area contributed by atoms with Crippen molar-refractivity contribution in [2.45, 2.75) is 44.7 Å². The van der Waals surface area contributed by atoms with Crippen LogP contribution < -0.4 is 10.2 Å². The van der Waals surface area contributed by atoms with Gasteiger partial charge in [-0.25, -0.2) is 14.6 Å². The van der Waals surface area contributed by atoms with Gasteiger partial charge in [-0.2, -0.15) is 26.3 Å². The fourth-order valence-corrected chi connectivity index (χ4v) is 2.88. The lowest BCUT2D eigenvalue weighted by molar-refractivity contribution is -0.193. The Morgan fingerprint density at radius 1 is 1.03 bits per heavy atom. The maximum Gasteiger partial charge on any atom is 0.490 e. The van der Waals surface area contributed by atoms with Gasteiger partial charge >= 0.3 is 24.3 Å². The summed E-state index contributed by atoms with van der Waals surface area (Å²) in [5.41, 5.74) is 1.85. The average molecular weight is 459 g/mol. The lowest BCUT2D eigenvalue weighted by atomic mass is 10.1. The predicted octanol–water partition coefficient (Wildman–Crippen LogP) is 2.27. The van der Waals surface area contributed by atoms with Gasteiger partial charge in [-0.15, -0.1) is 0 Å². The van der Waals surface area contributed by atoms with Crippen molar-refractivity contribution in [1.82, 2.24) is 10.3 Å². The van der Waals surface area contributed by atoms with Gasteiger partial charge in [-0.05, 0) is 25.0 Å². The Morgan fingerprint density at radius 2 is 1.52 bits per heavy atom. The molecule has 2 aliphatic rings. The number of nitrogens with zero attached hydrogens (tertiary/aromatic N) is 2. The van der Waals surface area contributed by atoms with Crippen molar-refractivity contribution in [1.29, 1.82) is 0 Å². The SMILES string of the molecule is CC(=O)c1ccc2c(n1)N1[C@@H](CNC[C@H]1C)C2.O=C(O)C(F)(F)F.O=C(O)C(F)(F)F. The number of carboxylic acid groups (broad SMARTS) is 2. The molecule has 1 aromatic rings. The number of aromatic nitrogens is 1. The quantitative estimate of drug-likeness (QED) is 0.432. The maximum atomic E-state index is 11.4. The number of pyridine rings is 1. The van der Waals surface area contributed by atoms with Crippen molar-refractivity contribution in [3.63, 3.8) is 0 Å². The van der Waals surface area contributed by atoms with Crippen molar-refractivity contribution in [2.75, 3.05) is 18.0 Å². The van der Waals surface area contributed by atoms with Crippen LogP contribution >= 0.6 is 0 Å². The third-order valence-corrected chi connectivity index (χ3v) is 4.19. The van der Waals surface area contributed by atoms with Crippen LogP contribution in [0, 0.1) is 0 Å². The van der Waals surface area contributed by atoms with E-state index >= 15 is 0 Å². The standard InChI is InChI=1S/C13H17N3O.2C2HF3O2/c1-8-6-14-7-11-5-10-3-4-12(9(2)17)15-13(10)16(8)11;2*3-2(4,5)1(6)7/h3-4,8,11,14H,5-7H2,1-2H3;2*(H,6,7)/t8-,11-;;/m1../s1. The number of anilines is 1. The number of hydrogen-bond donors (Lipinski definition) is 3. The van der Waals surface area contributed by atoms with Crippen LogP contribution in [0.3, 0.4) is 0 Å². The number of carbonyl (C=O) groups is 3. The zero-order valence-electron chi connectivity index (χ0n) is 16.2. The highest BCUT2D eigenvalue weighted by Crippen LogP contribution is 2.33. The van der Waals surface area contributed by atoms with Gasteiger partial charge in [0.25, 0.3) is 0 Å². The third-order valence-electron chi connectivity index (χ3n) is 4.19. The number of ketones is 1. The first-order valence-corrected chi connectivity index (χ1v) is 8.65. The van der Waals surface area contributed by atoms with Crippen LogP contribution in [-0.2, 0) is 16.0 Å². The van der Waals surface area contributed by atoms with Crippen molar-refractivity contribution < 1.29 is 50.9 Å². The Morgan fingerprint density at radius 3 is 1.94 bits per heavy atom. The van der Waals surface area contributed by atoms with Gasteiger partial charge < -0.3 is 20.4 Å². The van der Waals surface area contributed by atoms with Gasteiger partial charge in [0.2, 0.25) is 0 Å². The Labute approximate surface area is 171 Å². The second-order valence-electron chi connectivity index (χ2n) is 6.61. The molecular formula is C17H19F6N3O5. The number of aliphatic carboxylic acids is 2. The van der Waals surface area contributed by atoms with Crippen LogP contribution in [0.1, 0.15) is 29.9 Å². The number of piperazine rings is 1. The van der Waals surface area contributed by atoms with Gasteiger partial charge in [0, 0.05) is 32.1 Å². The van der Waals surface area contributed by atoms with Crippen LogP contribution in [-0.4, -0.2) is 70.4 Å². The lowest BCUT2D eigenvalue weighted by Gasteiger charge is -2.37. The molecule has 2 aliphatic heterocycles. The zero-order chi connectivity index (χ0) is 24.1. The minimum absolute atomic E-state index is 0.0408. The molecule has 14 heteroatoms. The molecule has 31 heavy (non-hydrogen) atoms. The van der Waals surface area contributed by atoms with Gasteiger partial charge in [-0.1, -0.05) is 6.07 Å². The number of alkyl halides is 6. The summed E-state index contributed by atoms with van der Waals surface area (Å²) in [5, 5.41) is 17.7. The van der Waals surface area contributed by atoms with Crippen molar-refractivity contribution in [3.05, 3.63) is 23.4 Å². The highest BCUT2D eigenvalue weighted by molar-refractivity contribution is 5.92. The van der Waals surface area contributed by atoms with E-state index in [-0.39, 0.29) is 5.78 Å². The third kappa shape index (κ3) is 7.38. The summed E-state index contributed by atoms with van der Waals surface area (Å²) in [6, 6.07) is 4.86. The highest BCUT2D eigenvalue weighted by atomic mass is 19.4. The maximum absolute atomic E-state index is 11.4. The zero-order valence-corrected chi connectivity index (χ0v) is 16.2. The number of carboxylic acids is 2. The summed E-state index contributed by atoms with van der Waals surface area (Å²) < 4.78 is 63.5. The molecule has 0 saturated carbocycles. The number of carbonyl (C=O) groups excluding carboxylic acids is 1. The van der Waals surface area contributed by atoms with Crippen LogP contribution in [0.15, 0.2) is 12.1 Å². The summed E-state index contributed by atoms with van der Waals surface area (Å²) in [6.45, 7) is 5.77. The van der Waals surface area contributed by atoms with Gasteiger partial charge in [0.1, 0.15) is 11.5 Å². The van der Waals surface area contributed by atoms with E-state index in [1.807, 2.05) is 6.07 Å². The molecule has 1 aromatic heterocycles. The average Bonchev–Trinajstić information content (AvgIpc) is 3.00. The molecule has 0 aromatic carbocycles. The number of rotatable bonds is 1. The van der Waals surface area contributed by atoms with Crippen LogP contribution in [0.2, 0.25) is 0 Å². The molecule has 0 aliphatic carbocycles. The van der Waals surface area contributed by atoms with E-state index in [0.29, 0.717) is 17.8 Å². The molecule has 0 spiro atoms. The normalized spacial score (nSPS) is 19.7. The Bertz CT molecular complexity index is 803. The first kappa shape index (κ1) is 26.1. The molecule has 0 radical (unpaired) electrons. The second-order valence-corrected chi connectivity index (χ2v) is 6.61. The molecule has 0 bridgehead atoms. The van der Waals surface area contributed by atoms with Crippen LogP contribution in [0.5, 0.6) is 0 Å². The molecule has 1 saturated heterocycles. The Hall–Kier alpha value is -2.90. The first-order valence-electron chi connectivity index (χ1n) is 8.65. The van der Waals surface area contributed by atoms with E-state index in [9.17, 15) is 31.1 Å². The lowest BCUT2D eigenvalue weighted by Crippen LogP contribution is -2.55. The van der Waals surface area contributed by atoms with E-state index < -0.39 is 24.3 Å². The van der Waals surface area contributed by atoms with Crippen molar-refractivity contribution in [2.24, 2.45) is 0 Å². The van der Waals surface area contributed by atoms with E-state index in [1.54, 1.807) is 6.92 Å². The second kappa shape index (κ2) is 9.94. The Kier molecular flexibility index (Phi) is 8.38. The van der Waals surface area contributed by atoms with Crippen molar-refractivity contribution >= 4 is 23.5 Å². The van der Waals surface area contributed by atoms with Crippen molar-refractivity contribution in [3.8, 4) is 0 Å². The van der Waals surface area contributed by atoms with E-state index in [1.165, 1.54) is 5.56 Å². The molecular weight excluding hydrogens is 440 g/mol. The minimum atomic E-state index is -5.08. The molecule has 0 unspecified atom stereocenters. The highest BCUT2D eigenvalue weighted by Gasteiger charge is 2.39. The first-order chi connectivity index (χ1) is 14.1. The summed E-state index contributed by atoms with van der Waals surface area (Å²) in [7, 11) is 0. The summed E-state index contributed by atoms with van der Waals surface area (Å²) in [6.07, 6.45) is -9.13. The molecule has 3 rings (SSSR count). The molecule has 3 N–H and O–H groups in total. The van der Waals surface area contributed by atoms with E-state index in [0.717, 1.165) is 25.3 Å². The molecule has 0 amide bonds. The molecule has 2 atom stereocenters. The monoisotopic (exact) mass is 459 g/mol. The number of nitrogens with one attached hydrogen (secondary N) is 1. The van der Waals surface area contributed by atoms with E-state index in [4.69, 9.17) is 19.8 Å².